The average molecular weight is 391 g/mol. The zero-order valence-corrected chi connectivity index (χ0v) is 14.1. The number of aliphatic hydroxyl groups is 1. The maximum absolute atomic E-state index is 12.3. The van der Waals surface area contributed by atoms with E-state index in [9.17, 15) is 8.42 Å². The lowest BCUT2D eigenvalue weighted by atomic mass is 10.2. The van der Waals surface area contributed by atoms with Crippen LogP contribution in [0.2, 0.25) is 10.0 Å². The van der Waals surface area contributed by atoms with Gasteiger partial charge in [-0.05, 0) is 25.0 Å². The van der Waals surface area contributed by atoms with Gasteiger partial charge >= 0.3 is 0 Å². The molecule has 0 saturated carbocycles. The van der Waals surface area contributed by atoms with Crippen LogP contribution in [-0.4, -0.2) is 26.2 Å². The van der Waals surface area contributed by atoms with Gasteiger partial charge in [-0.3, -0.25) is 0 Å². The molecule has 1 atom stereocenters. The van der Waals surface area contributed by atoms with Gasteiger partial charge in [0.25, 0.3) is 0 Å². The molecule has 0 bridgehead atoms. The van der Waals surface area contributed by atoms with Crippen LogP contribution in [0.25, 0.3) is 0 Å². The molecule has 0 aromatic heterocycles. The fourth-order valence-electron chi connectivity index (χ4n) is 1.57. The first kappa shape index (κ1) is 17.2. The third kappa shape index (κ3) is 4.58. The molecule has 4 nitrogen and oxygen atoms in total. The molecule has 0 saturated heterocycles. The second kappa shape index (κ2) is 7.24. The van der Waals surface area contributed by atoms with Gasteiger partial charge in [-0.2, -0.15) is 0 Å². The predicted octanol–water partition coefficient (Wildman–Crippen LogP) is 3.20. The minimum atomic E-state index is -3.82. The normalized spacial score (nSPS) is 13.5. The molecular weight excluding hydrogens is 377 g/mol. The molecule has 0 aliphatic heterocycles. The quantitative estimate of drug-likeness (QED) is 0.783. The molecule has 0 spiro atoms. The molecule has 0 aliphatic carbocycles. The molecule has 19 heavy (non-hydrogen) atoms. The summed E-state index contributed by atoms with van der Waals surface area (Å²) in [6, 6.07) is 2.58. The molecule has 108 valence electrons. The van der Waals surface area contributed by atoms with Crippen molar-refractivity contribution < 1.29 is 13.5 Å². The Bertz CT molecular complexity index is 528. The van der Waals surface area contributed by atoms with Crippen molar-refractivity contribution in [2.45, 2.75) is 30.7 Å². The van der Waals surface area contributed by atoms with Crippen molar-refractivity contribution in [1.82, 2.24) is 4.72 Å². The monoisotopic (exact) mass is 389 g/mol. The van der Waals surface area contributed by atoms with Crippen LogP contribution in [0.3, 0.4) is 0 Å². The minimum absolute atomic E-state index is 0.0470. The molecule has 0 amide bonds. The number of hydrogen-bond donors (Lipinski definition) is 2. The fourth-order valence-corrected chi connectivity index (χ4v) is 4.86. The number of benzene rings is 1. The maximum Gasteiger partial charge on any atom is 0.243 e. The van der Waals surface area contributed by atoms with E-state index in [4.69, 9.17) is 28.3 Å². The summed E-state index contributed by atoms with van der Waals surface area (Å²) in [5.41, 5.74) is 0. The summed E-state index contributed by atoms with van der Waals surface area (Å²) in [6.45, 7) is 1.73. The highest BCUT2D eigenvalue weighted by Crippen LogP contribution is 2.32. The summed E-state index contributed by atoms with van der Waals surface area (Å²) in [6.07, 6.45) is 0.896. The standard InChI is InChI=1S/C11H14BrCl2NO3S/c1-2-8(3-4-16)15-19(17,18)11-9(13)5-7(12)6-10(11)14/h5-6,8,15-16H,2-4H2,1H3. The molecule has 0 radical (unpaired) electrons. The zero-order chi connectivity index (χ0) is 14.6. The molecule has 1 rings (SSSR count). The van der Waals surface area contributed by atoms with Gasteiger partial charge in [-0.25, -0.2) is 13.1 Å². The number of aliphatic hydroxyl groups excluding tert-OH is 1. The van der Waals surface area contributed by atoms with E-state index in [0.29, 0.717) is 17.3 Å². The van der Waals surface area contributed by atoms with E-state index < -0.39 is 10.0 Å². The van der Waals surface area contributed by atoms with Crippen LogP contribution >= 0.6 is 39.1 Å². The third-order valence-electron chi connectivity index (χ3n) is 2.52. The summed E-state index contributed by atoms with van der Waals surface area (Å²) in [5, 5.41) is 8.98. The van der Waals surface area contributed by atoms with Crippen molar-refractivity contribution in [3.8, 4) is 0 Å². The first-order valence-corrected chi connectivity index (χ1v) is 8.62. The lowest BCUT2D eigenvalue weighted by Crippen LogP contribution is -2.35. The third-order valence-corrected chi connectivity index (χ3v) is 5.42. The van der Waals surface area contributed by atoms with E-state index in [1.807, 2.05) is 6.92 Å². The van der Waals surface area contributed by atoms with E-state index in [2.05, 4.69) is 20.7 Å². The van der Waals surface area contributed by atoms with Crippen molar-refractivity contribution in [2.24, 2.45) is 0 Å². The highest BCUT2D eigenvalue weighted by atomic mass is 79.9. The molecule has 2 N–H and O–H groups in total. The molecular formula is C11H14BrCl2NO3S. The molecule has 0 fully saturated rings. The van der Waals surface area contributed by atoms with Crippen LogP contribution in [0.4, 0.5) is 0 Å². The Labute approximate surface area is 131 Å². The zero-order valence-electron chi connectivity index (χ0n) is 10.2. The Balaban J connectivity index is 3.14. The van der Waals surface area contributed by atoms with Crippen LogP contribution in [0, 0.1) is 0 Å². The summed E-state index contributed by atoms with van der Waals surface area (Å²) >= 11 is 15.1. The Morgan fingerprint density at radius 3 is 2.32 bits per heavy atom. The number of nitrogens with one attached hydrogen (secondary N) is 1. The van der Waals surface area contributed by atoms with Gasteiger partial charge in [0, 0.05) is 17.1 Å². The van der Waals surface area contributed by atoms with Crippen molar-refractivity contribution in [2.75, 3.05) is 6.61 Å². The summed E-state index contributed by atoms with van der Waals surface area (Å²) in [7, 11) is -3.82. The summed E-state index contributed by atoms with van der Waals surface area (Å²) in [4.78, 5) is -0.143. The first-order valence-electron chi connectivity index (χ1n) is 5.59. The Hall–Kier alpha value is 0.150. The van der Waals surface area contributed by atoms with Crippen molar-refractivity contribution in [1.29, 1.82) is 0 Å². The van der Waals surface area contributed by atoms with E-state index in [0.717, 1.165) is 0 Å². The van der Waals surface area contributed by atoms with Gasteiger partial charge in [0.15, 0.2) is 0 Å². The number of hydrogen-bond acceptors (Lipinski definition) is 3. The Morgan fingerprint density at radius 2 is 1.89 bits per heavy atom. The SMILES string of the molecule is CCC(CCO)NS(=O)(=O)c1c(Cl)cc(Br)cc1Cl. The second-order valence-electron chi connectivity index (χ2n) is 3.94. The minimum Gasteiger partial charge on any atom is -0.396 e. The molecule has 1 aromatic carbocycles. The average Bonchev–Trinajstić information content (AvgIpc) is 2.25. The molecule has 8 heteroatoms. The highest BCUT2D eigenvalue weighted by molar-refractivity contribution is 9.10. The Morgan fingerprint density at radius 1 is 1.37 bits per heavy atom. The highest BCUT2D eigenvalue weighted by Gasteiger charge is 2.24. The summed E-state index contributed by atoms with van der Waals surface area (Å²) < 4.78 is 27.6. The van der Waals surface area contributed by atoms with Gasteiger partial charge in [-0.15, -0.1) is 0 Å². The second-order valence-corrected chi connectivity index (χ2v) is 7.32. The largest absolute Gasteiger partial charge is 0.396 e. The van der Waals surface area contributed by atoms with Crippen LogP contribution < -0.4 is 4.72 Å². The van der Waals surface area contributed by atoms with Gasteiger partial charge in [0.1, 0.15) is 4.90 Å². The predicted molar refractivity (Wildman–Crippen MR) is 80.3 cm³/mol. The molecule has 0 heterocycles. The van der Waals surface area contributed by atoms with Crippen LogP contribution in [0.1, 0.15) is 19.8 Å². The first-order chi connectivity index (χ1) is 8.81. The van der Waals surface area contributed by atoms with Gasteiger partial charge in [0.2, 0.25) is 10.0 Å². The van der Waals surface area contributed by atoms with E-state index >= 15 is 0 Å². The lowest BCUT2D eigenvalue weighted by molar-refractivity contribution is 0.270. The molecule has 1 unspecified atom stereocenters. The number of rotatable bonds is 6. The van der Waals surface area contributed by atoms with Crippen LogP contribution in [0.5, 0.6) is 0 Å². The van der Waals surface area contributed by atoms with Crippen molar-refractivity contribution in [3.63, 3.8) is 0 Å². The molecule has 0 aliphatic rings. The van der Waals surface area contributed by atoms with Crippen LogP contribution in [-0.2, 0) is 10.0 Å². The van der Waals surface area contributed by atoms with Gasteiger partial charge in [-0.1, -0.05) is 46.1 Å². The smallest absolute Gasteiger partial charge is 0.243 e. The van der Waals surface area contributed by atoms with Crippen molar-refractivity contribution in [3.05, 3.63) is 26.7 Å². The molecule has 1 aromatic rings. The Kier molecular flexibility index (Phi) is 6.56. The number of sulfonamides is 1. The fraction of sp³-hybridized carbons (Fsp3) is 0.455. The van der Waals surface area contributed by atoms with Gasteiger partial charge < -0.3 is 5.11 Å². The topological polar surface area (TPSA) is 66.4 Å². The van der Waals surface area contributed by atoms with Crippen molar-refractivity contribution >= 4 is 49.2 Å². The maximum atomic E-state index is 12.3. The van der Waals surface area contributed by atoms with E-state index in [-0.39, 0.29) is 27.6 Å². The van der Waals surface area contributed by atoms with E-state index in [1.165, 1.54) is 12.1 Å². The van der Waals surface area contributed by atoms with E-state index in [1.54, 1.807) is 0 Å². The summed E-state index contributed by atoms with van der Waals surface area (Å²) in [5.74, 6) is 0. The van der Waals surface area contributed by atoms with Crippen LogP contribution in [0.15, 0.2) is 21.5 Å². The van der Waals surface area contributed by atoms with Gasteiger partial charge in [0.05, 0.1) is 10.0 Å². The number of halogens is 3. The lowest BCUT2D eigenvalue weighted by Gasteiger charge is -2.17.